The van der Waals surface area contributed by atoms with Crippen LogP contribution in [-0.2, 0) is 4.79 Å². The van der Waals surface area contributed by atoms with Crippen LogP contribution in [0.2, 0.25) is 0 Å². The number of amides is 1. The van der Waals surface area contributed by atoms with E-state index in [2.05, 4.69) is 15.6 Å². The predicted molar refractivity (Wildman–Crippen MR) is 93.2 cm³/mol. The molecule has 0 saturated heterocycles. The zero-order valence-electron chi connectivity index (χ0n) is 13.7. The lowest BCUT2D eigenvalue weighted by Gasteiger charge is -2.28. The molecule has 6 heteroatoms. The lowest BCUT2D eigenvalue weighted by Crippen LogP contribution is -2.42. The van der Waals surface area contributed by atoms with Gasteiger partial charge in [0.05, 0.1) is 23.1 Å². The number of rotatable bonds is 5. The smallest absolute Gasteiger partial charge is 0.253 e. The van der Waals surface area contributed by atoms with Crippen molar-refractivity contribution in [1.29, 1.82) is 0 Å². The van der Waals surface area contributed by atoms with Crippen molar-refractivity contribution in [2.24, 2.45) is 5.92 Å². The van der Waals surface area contributed by atoms with E-state index in [1.54, 1.807) is 24.3 Å². The highest BCUT2D eigenvalue weighted by Crippen LogP contribution is 2.25. The van der Waals surface area contributed by atoms with Crippen LogP contribution < -0.4 is 10.6 Å². The molecule has 0 radical (unpaired) electrons. The third kappa shape index (κ3) is 4.02. The molecule has 3 rings (SSSR count). The number of anilines is 2. The minimum absolute atomic E-state index is 0.150. The summed E-state index contributed by atoms with van der Waals surface area (Å²) in [6.07, 6.45) is 7.51. The van der Waals surface area contributed by atoms with Crippen LogP contribution in [-0.4, -0.2) is 23.2 Å². The summed E-state index contributed by atoms with van der Waals surface area (Å²) in [7, 11) is 0. The topological polar surface area (TPSA) is 71.1 Å². The highest BCUT2D eigenvalue weighted by Gasteiger charge is 2.27. The average Bonchev–Trinajstić information content (AvgIpc) is 2.64. The number of aldehydes is 1. The molecule has 25 heavy (non-hydrogen) atoms. The second-order valence-electron chi connectivity index (χ2n) is 6.19. The van der Waals surface area contributed by atoms with Crippen molar-refractivity contribution in [3.63, 3.8) is 0 Å². The van der Waals surface area contributed by atoms with Gasteiger partial charge < -0.3 is 15.4 Å². The summed E-state index contributed by atoms with van der Waals surface area (Å²) in [5.74, 6) is -0.853. The van der Waals surface area contributed by atoms with Gasteiger partial charge in [0, 0.05) is 18.2 Å². The Morgan fingerprint density at radius 1 is 1.16 bits per heavy atom. The maximum Gasteiger partial charge on any atom is 0.253 e. The lowest BCUT2D eigenvalue weighted by atomic mass is 9.85. The van der Waals surface area contributed by atoms with Crippen molar-refractivity contribution in [3.05, 3.63) is 54.1 Å². The maximum atomic E-state index is 13.9. The van der Waals surface area contributed by atoms with Crippen molar-refractivity contribution in [2.75, 3.05) is 5.32 Å². The van der Waals surface area contributed by atoms with E-state index < -0.39 is 5.82 Å². The van der Waals surface area contributed by atoms with Gasteiger partial charge in [-0.15, -0.1) is 0 Å². The minimum atomic E-state index is -0.411. The van der Waals surface area contributed by atoms with Gasteiger partial charge >= 0.3 is 0 Å². The molecule has 1 aliphatic rings. The molecule has 2 aromatic rings. The first-order valence-corrected chi connectivity index (χ1v) is 8.41. The molecule has 1 fully saturated rings. The summed E-state index contributed by atoms with van der Waals surface area (Å²) in [4.78, 5) is 27.9. The minimum Gasteiger partial charge on any atom is -0.351 e. The van der Waals surface area contributed by atoms with Gasteiger partial charge in [-0.3, -0.25) is 9.78 Å². The Kier molecular flexibility index (Phi) is 5.38. The van der Waals surface area contributed by atoms with Gasteiger partial charge in [0.1, 0.15) is 12.1 Å². The molecular weight excluding hydrogens is 321 g/mol. The first kappa shape index (κ1) is 17.1. The number of carbonyl (C=O) groups excluding carboxylic acids is 2. The van der Waals surface area contributed by atoms with E-state index in [9.17, 15) is 14.0 Å². The fourth-order valence-corrected chi connectivity index (χ4v) is 3.15. The van der Waals surface area contributed by atoms with Crippen molar-refractivity contribution >= 4 is 23.6 Å². The molecule has 5 nitrogen and oxygen atoms in total. The molecule has 1 aromatic carbocycles. The number of para-hydroxylation sites is 1. The summed E-state index contributed by atoms with van der Waals surface area (Å²) in [6, 6.07) is 7.66. The van der Waals surface area contributed by atoms with E-state index in [4.69, 9.17) is 0 Å². The largest absolute Gasteiger partial charge is 0.351 e. The molecule has 1 aliphatic carbocycles. The molecule has 2 N–H and O–H groups in total. The van der Waals surface area contributed by atoms with Crippen LogP contribution >= 0.6 is 0 Å². The standard InChI is InChI=1S/C19H20FN3O2/c20-15-6-2-4-8-17(15)22-18-11-21-10-9-14(18)19(25)23-16-7-3-1-5-13(16)12-24/h2,4,6,8-13,16,22H,1,3,5,7H2,(H,23,25). The highest BCUT2D eigenvalue weighted by atomic mass is 19.1. The van der Waals surface area contributed by atoms with Crippen LogP contribution in [0.25, 0.3) is 0 Å². The lowest BCUT2D eigenvalue weighted by molar-refractivity contribution is -0.112. The van der Waals surface area contributed by atoms with Crippen LogP contribution in [0.15, 0.2) is 42.7 Å². The molecule has 1 heterocycles. The number of hydrogen-bond acceptors (Lipinski definition) is 4. The van der Waals surface area contributed by atoms with E-state index in [0.717, 1.165) is 32.0 Å². The van der Waals surface area contributed by atoms with Crippen LogP contribution in [0.5, 0.6) is 0 Å². The third-order valence-electron chi connectivity index (χ3n) is 4.52. The Morgan fingerprint density at radius 2 is 1.96 bits per heavy atom. The number of nitrogens with zero attached hydrogens (tertiary/aromatic N) is 1. The molecule has 1 aromatic heterocycles. The molecule has 1 amide bonds. The number of pyridine rings is 1. The van der Waals surface area contributed by atoms with Crippen molar-refractivity contribution in [2.45, 2.75) is 31.7 Å². The molecular formula is C19H20FN3O2. The average molecular weight is 341 g/mol. The number of benzene rings is 1. The van der Waals surface area contributed by atoms with E-state index >= 15 is 0 Å². The van der Waals surface area contributed by atoms with Gasteiger partial charge in [-0.2, -0.15) is 0 Å². The Labute approximate surface area is 145 Å². The molecule has 130 valence electrons. The Hall–Kier alpha value is -2.76. The highest BCUT2D eigenvalue weighted by molar-refractivity contribution is 6.00. The van der Waals surface area contributed by atoms with Gasteiger partial charge in [0.2, 0.25) is 0 Å². The number of aromatic nitrogens is 1. The van der Waals surface area contributed by atoms with Gasteiger partial charge in [0.25, 0.3) is 5.91 Å². The van der Waals surface area contributed by atoms with Crippen molar-refractivity contribution in [1.82, 2.24) is 10.3 Å². The molecule has 2 atom stereocenters. The van der Waals surface area contributed by atoms with Crippen LogP contribution in [0.4, 0.5) is 15.8 Å². The fourth-order valence-electron chi connectivity index (χ4n) is 3.15. The number of nitrogens with one attached hydrogen (secondary N) is 2. The normalized spacial score (nSPS) is 19.9. The molecule has 0 bridgehead atoms. The second-order valence-corrected chi connectivity index (χ2v) is 6.19. The molecule has 2 unspecified atom stereocenters. The zero-order chi connectivity index (χ0) is 17.6. The Morgan fingerprint density at radius 3 is 2.76 bits per heavy atom. The van der Waals surface area contributed by atoms with Crippen LogP contribution in [0, 0.1) is 11.7 Å². The number of hydrogen-bond donors (Lipinski definition) is 2. The predicted octanol–water partition coefficient (Wildman–Crippen LogP) is 3.45. The zero-order valence-corrected chi connectivity index (χ0v) is 13.7. The summed E-state index contributed by atoms with van der Waals surface area (Å²) in [5, 5.41) is 5.86. The number of halogens is 1. The monoisotopic (exact) mass is 341 g/mol. The summed E-state index contributed by atoms with van der Waals surface area (Å²) in [5.41, 5.74) is 1.06. The van der Waals surface area contributed by atoms with E-state index in [0.29, 0.717) is 11.3 Å². The van der Waals surface area contributed by atoms with Gasteiger partial charge in [-0.25, -0.2) is 4.39 Å². The summed E-state index contributed by atoms with van der Waals surface area (Å²) < 4.78 is 13.9. The SMILES string of the molecule is O=CC1CCCCC1NC(=O)c1ccncc1Nc1ccccc1F. The summed E-state index contributed by atoms with van der Waals surface area (Å²) >= 11 is 0. The van der Waals surface area contributed by atoms with Crippen LogP contribution in [0.3, 0.4) is 0 Å². The van der Waals surface area contributed by atoms with Crippen LogP contribution in [0.1, 0.15) is 36.0 Å². The Bertz CT molecular complexity index is 766. The Balaban J connectivity index is 1.79. The maximum absolute atomic E-state index is 13.9. The third-order valence-corrected chi connectivity index (χ3v) is 4.52. The quantitative estimate of drug-likeness (QED) is 0.817. The molecule has 0 spiro atoms. The second kappa shape index (κ2) is 7.88. The van der Waals surface area contributed by atoms with Crippen molar-refractivity contribution < 1.29 is 14.0 Å². The first-order valence-electron chi connectivity index (χ1n) is 8.41. The molecule has 0 aliphatic heterocycles. The van der Waals surface area contributed by atoms with Gasteiger partial charge in [0.15, 0.2) is 0 Å². The van der Waals surface area contributed by atoms with Crippen molar-refractivity contribution in [3.8, 4) is 0 Å². The van der Waals surface area contributed by atoms with E-state index in [-0.39, 0.29) is 23.6 Å². The number of carbonyl (C=O) groups is 2. The van der Waals surface area contributed by atoms with E-state index in [1.165, 1.54) is 18.5 Å². The van der Waals surface area contributed by atoms with Gasteiger partial charge in [-0.1, -0.05) is 25.0 Å². The summed E-state index contributed by atoms with van der Waals surface area (Å²) in [6.45, 7) is 0. The van der Waals surface area contributed by atoms with Gasteiger partial charge in [-0.05, 0) is 31.0 Å². The van der Waals surface area contributed by atoms with E-state index in [1.807, 2.05) is 0 Å². The fraction of sp³-hybridized carbons (Fsp3) is 0.316. The molecule has 1 saturated carbocycles. The first-order chi connectivity index (χ1) is 12.2.